The monoisotopic (exact) mass is 291 g/mol. The molecule has 1 atom stereocenters. The van der Waals surface area contributed by atoms with E-state index in [-0.39, 0.29) is 0 Å². The second-order valence-corrected chi connectivity index (χ2v) is 5.99. The molecule has 21 heavy (non-hydrogen) atoms. The van der Waals surface area contributed by atoms with Gasteiger partial charge in [-0.2, -0.15) is 0 Å². The molecule has 4 nitrogen and oxygen atoms in total. The van der Waals surface area contributed by atoms with E-state index >= 15 is 0 Å². The molecule has 0 N–H and O–H groups in total. The predicted molar refractivity (Wildman–Crippen MR) is 82.0 cm³/mol. The highest BCUT2D eigenvalue weighted by Gasteiger charge is 2.15. The van der Waals surface area contributed by atoms with Gasteiger partial charge in [-0.25, -0.2) is 0 Å². The maximum absolute atomic E-state index is 5.67. The summed E-state index contributed by atoms with van der Waals surface area (Å²) in [5, 5.41) is 0. The highest BCUT2D eigenvalue weighted by molar-refractivity contribution is 5.43. The van der Waals surface area contributed by atoms with Crippen LogP contribution in [0.1, 0.15) is 31.2 Å². The van der Waals surface area contributed by atoms with Crippen LogP contribution in [0.3, 0.4) is 0 Å². The van der Waals surface area contributed by atoms with E-state index in [0.717, 1.165) is 31.2 Å². The van der Waals surface area contributed by atoms with Crippen LogP contribution in [0.5, 0.6) is 11.5 Å². The summed E-state index contributed by atoms with van der Waals surface area (Å²) in [6.07, 6.45) is 5.37. The van der Waals surface area contributed by atoms with E-state index in [4.69, 9.17) is 14.2 Å². The van der Waals surface area contributed by atoms with Gasteiger partial charge < -0.3 is 19.1 Å². The van der Waals surface area contributed by atoms with Gasteiger partial charge in [0, 0.05) is 13.2 Å². The molecule has 0 spiro atoms. The first-order chi connectivity index (χ1) is 10.3. The first-order valence-corrected chi connectivity index (χ1v) is 8.00. The lowest BCUT2D eigenvalue weighted by Crippen LogP contribution is -2.21. The molecule has 2 aliphatic rings. The molecule has 0 radical (unpaired) electrons. The number of hydrogen-bond acceptors (Lipinski definition) is 4. The number of rotatable bonds is 6. The second-order valence-electron chi connectivity index (χ2n) is 5.99. The second kappa shape index (κ2) is 7.14. The fourth-order valence-electron chi connectivity index (χ4n) is 3.04. The maximum Gasteiger partial charge on any atom is 0.161 e. The van der Waals surface area contributed by atoms with E-state index in [1.54, 1.807) is 0 Å². The highest BCUT2D eigenvalue weighted by Crippen LogP contribution is 2.31. The third-order valence-corrected chi connectivity index (χ3v) is 4.15. The Hall–Kier alpha value is -1.26. The lowest BCUT2D eigenvalue weighted by atomic mass is 10.1. The molecule has 0 aliphatic carbocycles. The fraction of sp³-hybridized carbons (Fsp3) is 0.647. The Morgan fingerprint density at radius 2 is 2.00 bits per heavy atom. The van der Waals surface area contributed by atoms with E-state index < -0.39 is 0 Å². The quantitative estimate of drug-likeness (QED) is 0.806. The third-order valence-electron chi connectivity index (χ3n) is 4.15. The van der Waals surface area contributed by atoms with Gasteiger partial charge in [0.1, 0.15) is 13.2 Å². The number of hydrogen-bond donors (Lipinski definition) is 0. The van der Waals surface area contributed by atoms with Gasteiger partial charge in [-0.15, -0.1) is 0 Å². The summed E-state index contributed by atoms with van der Waals surface area (Å²) in [6.45, 7) is 4.30. The summed E-state index contributed by atoms with van der Waals surface area (Å²) in [5.74, 6) is 1.75. The van der Waals surface area contributed by atoms with Crippen molar-refractivity contribution in [2.45, 2.75) is 38.3 Å². The minimum absolute atomic E-state index is 0.507. The average molecular weight is 291 g/mol. The van der Waals surface area contributed by atoms with Crippen LogP contribution in [-0.4, -0.2) is 44.4 Å². The summed E-state index contributed by atoms with van der Waals surface area (Å²) in [5.41, 5.74) is 1.28. The molecule has 0 amide bonds. The van der Waals surface area contributed by atoms with Crippen LogP contribution in [-0.2, 0) is 11.3 Å². The Balaban J connectivity index is 1.44. The number of ether oxygens (including phenoxy) is 3. The lowest BCUT2D eigenvalue weighted by molar-refractivity contribution is 0.0995. The Morgan fingerprint density at radius 1 is 1.14 bits per heavy atom. The van der Waals surface area contributed by atoms with Gasteiger partial charge in [-0.3, -0.25) is 0 Å². The van der Waals surface area contributed by atoms with E-state index in [2.05, 4.69) is 24.1 Å². The summed E-state index contributed by atoms with van der Waals surface area (Å²) in [7, 11) is 2.17. The first kappa shape index (κ1) is 14.7. The summed E-state index contributed by atoms with van der Waals surface area (Å²) in [4.78, 5) is 2.36. The number of nitrogens with zero attached hydrogens (tertiary/aromatic N) is 1. The van der Waals surface area contributed by atoms with E-state index in [9.17, 15) is 0 Å². The molecule has 1 saturated heterocycles. The van der Waals surface area contributed by atoms with E-state index in [1.165, 1.54) is 31.2 Å². The van der Waals surface area contributed by atoms with Crippen molar-refractivity contribution < 1.29 is 14.2 Å². The molecule has 4 heteroatoms. The third kappa shape index (κ3) is 4.11. The molecule has 1 aromatic carbocycles. The maximum atomic E-state index is 5.67. The SMILES string of the molecule is CN(CCC[C@H]1CCCO1)Cc1ccc2c(c1)OCCO2. The predicted octanol–water partition coefficient (Wildman–Crippen LogP) is 2.85. The molecule has 2 aliphatic heterocycles. The van der Waals surface area contributed by atoms with Gasteiger partial charge in [0.05, 0.1) is 6.10 Å². The van der Waals surface area contributed by atoms with Gasteiger partial charge >= 0.3 is 0 Å². The highest BCUT2D eigenvalue weighted by atomic mass is 16.6. The molecule has 2 heterocycles. The Bertz CT molecular complexity index is 457. The van der Waals surface area contributed by atoms with Crippen molar-refractivity contribution >= 4 is 0 Å². The van der Waals surface area contributed by atoms with Crippen molar-refractivity contribution in [3.05, 3.63) is 23.8 Å². The molecule has 0 saturated carbocycles. The minimum Gasteiger partial charge on any atom is -0.486 e. The summed E-state index contributed by atoms with van der Waals surface area (Å²) >= 11 is 0. The topological polar surface area (TPSA) is 30.9 Å². The van der Waals surface area contributed by atoms with Gasteiger partial charge in [0.2, 0.25) is 0 Å². The summed E-state index contributed by atoms with van der Waals surface area (Å²) < 4.78 is 16.9. The van der Waals surface area contributed by atoms with Crippen LogP contribution in [0.4, 0.5) is 0 Å². The zero-order valence-corrected chi connectivity index (χ0v) is 12.8. The normalized spacial score (nSPS) is 21.0. The van der Waals surface area contributed by atoms with Crippen molar-refractivity contribution in [2.24, 2.45) is 0 Å². The standard InChI is InChI=1S/C17H25NO3/c1-18(8-2-4-15-5-3-9-19-15)13-14-6-7-16-17(12-14)21-11-10-20-16/h6-7,12,15H,2-5,8-11,13H2,1H3/t15-/m0/s1. The van der Waals surface area contributed by atoms with Crippen molar-refractivity contribution in [1.29, 1.82) is 0 Å². The zero-order chi connectivity index (χ0) is 14.5. The molecule has 1 fully saturated rings. The molecular formula is C17H25NO3. The molecule has 0 unspecified atom stereocenters. The number of fused-ring (bicyclic) bond motifs is 1. The molecule has 1 aromatic rings. The van der Waals surface area contributed by atoms with E-state index in [1.807, 2.05) is 6.07 Å². The van der Waals surface area contributed by atoms with Crippen LogP contribution < -0.4 is 9.47 Å². The fourth-order valence-corrected chi connectivity index (χ4v) is 3.04. The van der Waals surface area contributed by atoms with Crippen LogP contribution in [0.2, 0.25) is 0 Å². The Morgan fingerprint density at radius 3 is 2.81 bits per heavy atom. The van der Waals surface area contributed by atoms with Crippen molar-refractivity contribution in [3.8, 4) is 11.5 Å². The van der Waals surface area contributed by atoms with Gasteiger partial charge in [0.25, 0.3) is 0 Å². The molecule has 0 bridgehead atoms. The van der Waals surface area contributed by atoms with Gasteiger partial charge in [-0.05, 0) is 57.0 Å². The van der Waals surface area contributed by atoms with Gasteiger partial charge in [-0.1, -0.05) is 6.07 Å². The molecule has 0 aromatic heterocycles. The molecule has 116 valence electrons. The van der Waals surface area contributed by atoms with Crippen LogP contribution in [0.25, 0.3) is 0 Å². The smallest absolute Gasteiger partial charge is 0.161 e. The molecule has 3 rings (SSSR count). The summed E-state index contributed by atoms with van der Waals surface area (Å²) in [6, 6.07) is 6.25. The number of benzene rings is 1. The Kier molecular flexibility index (Phi) is 4.99. The first-order valence-electron chi connectivity index (χ1n) is 8.00. The molecular weight excluding hydrogens is 266 g/mol. The van der Waals surface area contributed by atoms with Crippen molar-refractivity contribution in [2.75, 3.05) is 33.4 Å². The zero-order valence-electron chi connectivity index (χ0n) is 12.8. The van der Waals surface area contributed by atoms with Crippen LogP contribution >= 0.6 is 0 Å². The van der Waals surface area contributed by atoms with Crippen molar-refractivity contribution in [1.82, 2.24) is 4.90 Å². The average Bonchev–Trinajstić information content (AvgIpc) is 3.00. The van der Waals surface area contributed by atoms with Gasteiger partial charge in [0.15, 0.2) is 11.5 Å². The largest absolute Gasteiger partial charge is 0.486 e. The van der Waals surface area contributed by atoms with Crippen molar-refractivity contribution in [3.63, 3.8) is 0 Å². The van der Waals surface area contributed by atoms with Crippen LogP contribution in [0, 0.1) is 0 Å². The lowest BCUT2D eigenvalue weighted by Gasteiger charge is -2.21. The Labute approximate surface area is 127 Å². The van der Waals surface area contributed by atoms with Crippen LogP contribution in [0.15, 0.2) is 18.2 Å². The minimum atomic E-state index is 0.507. The van der Waals surface area contributed by atoms with E-state index in [0.29, 0.717) is 19.3 Å².